The number of ether oxygens (including phenoxy) is 3. The predicted molar refractivity (Wildman–Crippen MR) is 194 cm³/mol. The summed E-state index contributed by atoms with van der Waals surface area (Å²) >= 11 is 0. The van der Waals surface area contributed by atoms with Crippen molar-refractivity contribution in [1.82, 2.24) is 25.2 Å². The Hall–Kier alpha value is -4.18. The van der Waals surface area contributed by atoms with Crippen molar-refractivity contribution in [3.05, 3.63) is 48.0 Å². The summed E-state index contributed by atoms with van der Waals surface area (Å²) in [4.78, 5) is 71.6. The van der Waals surface area contributed by atoms with E-state index in [2.05, 4.69) is 21.9 Å². The molecule has 53 heavy (non-hydrogen) atoms. The van der Waals surface area contributed by atoms with Gasteiger partial charge in [0, 0.05) is 32.5 Å². The lowest BCUT2D eigenvalue weighted by atomic mass is 9.85. The lowest BCUT2D eigenvalue weighted by Gasteiger charge is -2.36. The van der Waals surface area contributed by atoms with Crippen LogP contribution in [0, 0.1) is 11.3 Å². The van der Waals surface area contributed by atoms with Gasteiger partial charge in [-0.15, -0.1) is 6.58 Å². The van der Waals surface area contributed by atoms with Crippen molar-refractivity contribution < 1.29 is 46.6 Å². The van der Waals surface area contributed by atoms with Crippen molar-refractivity contribution >= 4 is 39.9 Å². The fourth-order valence-corrected chi connectivity index (χ4v) is 8.59. The number of rotatable bonds is 11. The van der Waals surface area contributed by atoms with Gasteiger partial charge in [0.1, 0.15) is 34.1 Å². The first-order valence-electron chi connectivity index (χ1n) is 18.0. The van der Waals surface area contributed by atoms with E-state index in [1.807, 2.05) is 24.3 Å². The molecule has 1 aromatic carbocycles. The second kappa shape index (κ2) is 14.6. The summed E-state index contributed by atoms with van der Waals surface area (Å²) in [5.41, 5.74) is -1.20. The van der Waals surface area contributed by atoms with Gasteiger partial charge in [0.2, 0.25) is 21.8 Å². The highest BCUT2D eigenvalue weighted by Crippen LogP contribution is 2.47. The number of sulfonamides is 1. The van der Waals surface area contributed by atoms with Crippen LogP contribution in [0.4, 0.5) is 9.59 Å². The normalized spacial score (nSPS) is 25.3. The number of carbonyl (C=O) groups excluding carboxylic acids is 5. The van der Waals surface area contributed by atoms with Gasteiger partial charge in [0.25, 0.3) is 5.91 Å². The molecule has 16 heteroatoms. The summed E-state index contributed by atoms with van der Waals surface area (Å²) in [6.07, 6.45) is 0.392. The molecule has 2 aliphatic heterocycles. The molecule has 3 fully saturated rings. The zero-order valence-electron chi connectivity index (χ0n) is 31.7. The maximum absolute atomic E-state index is 14.4. The average molecular weight is 760 g/mol. The van der Waals surface area contributed by atoms with Gasteiger partial charge in [-0.1, -0.05) is 51.1 Å². The van der Waals surface area contributed by atoms with Gasteiger partial charge in [-0.3, -0.25) is 19.1 Å². The highest BCUT2D eigenvalue weighted by atomic mass is 32.2. The minimum Gasteiger partial charge on any atom is -0.444 e. The summed E-state index contributed by atoms with van der Waals surface area (Å²) < 4.78 is 43.9. The van der Waals surface area contributed by atoms with Crippen molar-refractivity contribution in [1.29, 1.82) is 0 Å². The monoisotopic (exact) mass is 759 g/mol. The number of carbonyl (C=O) groups is 5. The molecule has 2 heterocycles. The van der Waals surface area contributed by atoms with E-state index in [9.17, 15) is 32.4 Å². The molecular formula is C37H53N5O10S. The van der Waals surface area contributed by atoms with Crippen LogP contribution in [-0.4, -0.2) is 109 Å². The molecule has 0 spiro atoms. The Labute approximate surface area is 311 Å². The molecule has 15 nitrogen and oxygen atoms in total. The van der Waals surface area contributed by atoms with Gasteiger partial charge in [0.05, 0.1) is 13.2 Å². The number of nitrogens with one attached hydrogen (secondary N) is 3. The molecule has 2 aliphatic carbocycles. The Balaban J connectivity index is 1.38. The first-order valence-corrected chi connectivity index (χ1v) is 19.5. The first kappa shape index (κ1) is 40.0. The largest absolute Gasteiger partial charge is 0.444 e. The van der Waals surface area contributed by atoms with E-state index in [1.165, 1.54) is 18.1 Å². The Morgan fingerprint density at radius 2 is 1.72 bits per heavy atom. The highest BCUT2D eigenvalue weighted by molar-refractivity contribution is 7.91. The van der Waals surface area contributed by atoms with E-state index < -0.39 is 85.3 Å². The van der Waals surface area contributed by atoms with E-state index in [4.69, 9.17) is 14.2 Å². The average Bonchev–Trinajstić information content (AvgIpc) is 3.97. The second-order valence-electron chi connectivity index (χ2n) is 16.7. The van der Waals surface area contributed by atoms with E-state index in [0.717, 1.165) is 11.1 Å². The zero-order chi connectivity index (χ0) is 39.1. The molecule has 0 bridgehead atoms. The molecule has 1 unspecified atom stereocenters. The van der Waals surface area contributed by atoms with Gasteiger partial charge in [-0.05, 0) is 63.0 Å². The number of hydrogen-bond donors (Lipinski definition) is 3. The van der Waals surface area contributed by atoms with Crippen LogP contribution in [-0.2, 0) is 51.6 Å². The predicted octanol–water partition coefficient (Wildman–Crippen LogP) is 2.78. The van der Waals surface area contributed by atoms with E-state index in [-0.39, 0.29) is 26.0 Å². The molecule has 1 aromatic rings. The third kappa shape index (κ3) is 8.64. The molecule has 5 atom stereocenters. The molecule has 1 saturated heterocycles. The molecule has 5 rings (SSSR count). The van der Waals surface area contributed by atoms with Gasteiger partial charge in [-0.25, -0.2) is 18.0 Å². The van der Waals surface area contributed by atoms with Crippen molar-refractivity contribution in [2.24, 2.45) is 11.3 Å². The molecule has 5 amide bonds. The Kier molecular flexibility index (Phi) is 11.0. The Bertz CT molecular complexity index is 1750. The summed E-state index contributed by atoms with van der Waals surface area (Å²) in [7, 11) is -2.78. The van der Waals surface area contributed by atoms with Crippen LogP contribution in [0.25, 0.3) is 0 Å². The maximum Gasteiger partial charge on any atom is 0.410 e. The van der Waals surface area contributed by atoms with Crippen LogP contribution in [0.3, 0.4) is 0 Å². The van der Waals surface area contributed by atoms with E-state index >= 15 is 0 Å². The summed E-state index contributed by atoms with van der Waals surface area (Å²) in [6, 6.07) is 5.40. The van der Waals surface area contributed by atoms with Gasteiger partial charge in [0.15, 0.2) is 0 Å². The van der Waals surface area contributed by atoms with Crippen LogP contribution < -0.4 is 15.4 Å². The van der Waals surface area contributed by atoms with Gasteiger partial charge < -0.3 is 34.6 Å². The van der Waals surface area contributed by atoms with Crippen LogP contribution in [0.15, 0.2) is 36.9 Å². The number of alkyl carbamates (subject to hydrolysis) is 1. The molecule has 3 N–H and O–H groups in total. The minimum absolute atomic E-state index is 0.0845. The Morgan fingerprint density at radius 3 is 2.28 bits per heavy atom. The smallest absolute Gasteiger partial charge is 0.410 e. The number of hydrogen-bond acceptors (Lipinski definition) is 10. The molecule has 4 aliphatic rings. The second-order valence-corrected chi connectivity index (χ2v) is 18.8. The molecule has 2 saturated carbocycles. The summed E-state index contributed by atoms with van der Waals surface area (Å²) in [6.45, 7) is 14.6. The van der Waals surface area contributed by atoms with Crippen molar-refractivity contribution in [2.75, 3.05) is 26.8 Å². The highest BCUT2D eigenvalue weighted by Gasteiger charge is 2.64. The van der Waals surface area contributed by atoms with Crippen molar-refractivity contribution in [3.63, 3.8) is 0 Å². The molecule has 0 radical (unpaired) electrons. The van der Waals surface area contributed by atoms with E-state index in [0.29, 0.717) is 32.4 Å². The van der Waals surface area contributed by atoms with Crippen LogP contribution in [0.5, 0.6) is 0 Å². The number of amides is 5. The van der Waals surface area contributed by atoms with Gasteiger partial charge >= 0.3 is 12.2 Å². The lowest BCUT2D eigenvalue weighted by molar-refractivity contribution is -0.143. The zero-order valence-corrected chi connectivity index (χ0v) is 32.5. The third-order valence-corrected chi connectivity index (χ3v) is 12.5. The standard InChI is InChI=1S/C37H53N5O10S/c1-9-25-19-37(25,31(45)40-53(48,49)36(15-16-36)22-50-8)39-29(43)27-18-26(51-33(47)41-17-14-23-12-10-11-13-24(23)20-41)21-42(27)30(44)28(34(2,3)4)38-32(46)52-35(5,6)7/h9-13,25-28H,1,14-22H2,2-8H3,(H,38,46)(H,39,43)(H,40,45)/t25?,26-,27+,28-,37-/m1/s1. The minimum atomic E-state index is -4.16. The number of methoxy groups -OCH3 is 1. The number of nitrogens with zero attached hydrogens (tertiary/aromatic N) is 2. The SMILES string of the molecule is C=CC1C[C@]1(NC(=O)[C@@H]1C[C@@H](OC(=O)N2CCc3ccccc3C2)CN1C(=O)[C@@H](NC(=O)OC(C)(C)C)C(C)(C)C)C(=O)NS(=O)(=O)C1(COC)CC1. The van der Waals surface area contributed by atoms with Crippen LogP contribution in [0.2, 0.25) is 0 Å². The van der Waals surface area contributed by atoms with Crippen LogP contribution >= 0.6 is 0 Å². The van der Waals surface area contributed by atoms with E-state index in [1.54, 1.807) is 46.4 Å². The van der Waals surface area contributed by atoms with Crippen LogP contribution in [0.1, 0.15) is 78.4 Å². The quantitative estimate of drug-likeness (QED) is 0.283. The number of likely N-dealkylation sites (tertiary alicyclic amines) is 1. The van der Waals surface area contributed by atoms with Crippen molar-refractivity contribution in [3.8, 4) is 0 Å². The first-order chi connectivity index (χ1) is 24.6. The maximum atomic E-state index is 14.4. The fourth-order valence-electron chi connectivity index (χ4n) is 7.04. The fraction of sp³-hybridized carbons (Fsp3) is 0.649. The van der Waals surface area contributed by atoms with Gasteiger partial charge in [-0.2, -0.15) is 0 Å². The number of fused-ring (bicyclic) bond motifs is 1. The molecular weight excluding hydrogens is 706 g/mol. The summed E-state index contributed by atoms with van der Waals surface area (Å²) in [5.74, 6) is -2.87. The lowest BCUT2D eigenvalue weighted by Crippen LogP contribution is -2.60. The summed E-state index contributed by atoms with van der Waals surface area (Å²) in [5, 5.41) is 5.41. The van der Waals surface area contributed by atoms with Crippen molar-refractivity contribution in [2.45, 2.75) is 114 Å². The third-order valence-electron chi connectivity index (χ3n) is 10.3. The number of benzene rings is 1. The Morgan fingerprint density at radius 1 is 1.06 bits per heavy atom. The molecule has 0 aromatic heterocycles. The topological polar surface area (TPSA) is 190 Å². The molecule has 292 valence electrons.